The van der Waals surface area contributed by atoms with Crippen LogP contribution in [0.3, 0.4) is 0 Å². The van der Waals surface area contributed by atoms with E-state index >= 15 is 0 Å². The quantitative estimate of drug-likeness (QED) is 0.483. The van der Waals surface area contributed by atoms with E-state index in [1.165, 1.54) is 0 Å². The van der Waals surface area contributed by atoms with Crippen molar-refractivity contribution < 1.29 is 9.47 Å². The Morgan fingerprint density at radius 2 is 1.38 bits per heavy atom. The van der Waals surface area contributed by atoms with Crippen molar-refractivity contribution in [3.8, 4) is 0 Å². The average molecular weight is 248 g/mol. The Hall–Kier alpha value is 0.959. The minimum absolute atomic E-state index is 0.692. The van der Waals surface area contributed by atoms with E-state index in [9.17, 15) is 0 Å². The molecule has 2 nitrogen and oxygen atoms in total. The Morgan fingerprint density at radius 3 is 1.62 bits per heavy atom. The molecule has 0 rings (SSSR count). The van der Waals surface area contributed by atoms with Gasteiger partial charge in [-0.05, 0) is 0 Å². The molecule has 0 aliphatic carbocycles. The van der Waals surface area contributed by atoms with Crippen LogP contribution in [0.15, 0.2) is 0 Å². The van der Waals surface area contributed by atoms with Gasteiger partial charge in [0.25, 0.3) is 0 Å². The second kappa shape index (κ2) is 7.96. The van der Waals surface area contributed by atoms with Gasteiger partial charge in [0, 0.05) is 0 Å². The summed E-state index contributed by atoms with van der Waals surface area (Å²) in [6.07, 6.45) is 0. The fourth-order valence-corrected chi connectivity index (χ4v) is 4.44. The Labute approximate surface area is 61.2 Å². The van der Waals surface area contributed by atoms with Gasteiger partial charge in [-0.2, -0.15) is 0 Å². The van der Waals surface area contributed by atoms with Crippen molar-refractivity contribution in [3.05, 3.63) is 0 Å². The Kier molecular flexibility index (Phi) is 8.91. The molecular formula is C4H10O2Se2. The third-order valence-corrected chi connectivity index (χ3v) is 6.07. The molecule has 50 valence electrons. The fourth-order valence-electron chi connectivity index (χ4n) is 0.164. The predicted molar refractivity (Wildman–Crippen MR) is 35.3 cm³/mol. The molecule has 0 aliphatic heterocycles. The SMILES string of the molecule is COC[Se][Se]COC. The molecule has 0 aromatic heterocycles. The monoisotopic (exact) mass is 250 g/mol. The third kappa shape index (κ3) is 6.96. The van der Waals surface area contributed by atoms with Crippen molar-refractivity contribution in [2.75, 3.05) is 25.2 Å². The first kappa shape index (κ1) is 8.96. The molecule has 0 spiro atoms. The van der Waals surface area contributed by atoms with Crippen LogP contribution in [0.5, 0.6) is 0 Å². The molecule has 0 fully saturated rings. The third-order valence-electron chi connectivity index (χ3n) is 0.415. The zero-order chi connectivity index (χ0) is 6.24. The first-order valence-corrected chi connectivity index (χ1v) is 8.89. The summed E-state index contributed by atoms with van der Waals surface area (Å²) in [6.45, 7) is 0. The Bertz CT molecular complexity index is 37.0. The summed E-state index contributed by atoms with van der Waals surface area (Å²) in [7, 11) is 3.48. The predicted octanol–water partition coefficient (Wildman–Crippen LogP) is -0.482. The molecule has 0 saturated heterocycles. The second-order valence-corrected chi connectivity index (χ2v) is 8.17. The van der Waals surface area contributed by atoms with Crippen LogP contribution < -0.4 is 0 Å². The summed E-state index contributed by atoms with van der Waals surface area (Å²) < 4.78 is 9.75. The summed E-state index contributed by atoms with van der Waals surface area (Å²) in [4.78, 5) is 0. The molecule has 0 unspecified atom stereocenters. The van der Waals surface area contributed by atoms with Crippen LogP contribution in [0.4, 0.5) is 0 Å². The first-order chi connectivity index (χ1) is 3.91. The molecule has 0 bridgehead atoms. The fraction of sp³-hybridized carbons (Fsp3) is 1.00. The van der Waals surface area contributed by atoms with Gasteiger partial charge in [-0.1, -0.05) is 0 Å². The van der Waals surface area contributed by atoms with Crippen molar-refractivity contribution in [1.82, 2.24) is 0 Å². The van der Waals surface area contributed by atoms with Crippen LogP contribution in [-0.2, 0) is 9.47 Å². The van der Waals surface area contributed by atoms with Crippen molar-refractivity contribution >= 4 is 26.3 Å². The van der Waals surface area contributed by atoms with Gasteiger partial charge in [-0.15, -0.1) is 0 Å². The van der Waals surface area contributed by atoms with Gasteiger partial charge < -0.3 is 0 Å². The Balaban J connectivity index is 2.53. The van der Waals surface area contributed by atoms with E-state index in [0.717, 1.165) is 11.0 Å². The molecular weight excluding hydrogens is 238 g/mol. The van der Waals surface area contributed by atoms with Crippen LogP contribution >= 0.6 is 0 Å². The summed E-state index contributed by atoms with van der Waals surface area (Å²) in [5.74, 6) is 0. The van der Waals surface area contributed by atoms with E-state index in [-0.39, 0.29) is 0 Å². The van der Waals surface area contributed by atoms with Crippen molar-refractivity contribution in [3.63, 3.8) is 0 Å². The van der Waals surface area contributed by atoms with E-state index < -0.39 is 0 Å². The maximum absolute atomic E-state index is 4.88. The van der Waals surface area contributed by atoms with Gasteiger partial charge in [0.15, 0.2) is 0 Å². The zero-order valence-corrected chi connectivity index (χ0v) is 8.47. The van der Waals surface area contributed by atoms with E-state index in [0.29, 0.717) is 26.3 Å². The standard InChI is InChI=1S/C4H10O2Se2/c1-5-3-7-8-4-6-2/h3-4H2,1-2H3. The van der Waals surface area contributed by atoms with Crippen LogP contribution in [0, 0.1) is 0 Å². The number of rotatable bonds is 5. The van der Waals surface area contributed by atoms with Gasteiger partial charge >= 0.3 is 61.0 Å². The first-order valence-electron chi connectivity index (χ1n) is 2.14. The van der Waals surface area contributed by atoms with E-state index in [1.807, 2.05) is 0 Å². The molecule has 0 aromatic rings. The molecule has 8 heavy (non-hydrogen) atoms. The molecule has 4 heteroatoms. The molecule has 0 aromatic carbocycles. The Morgan fingerprint density at radius 1 is 1.00 bits per heavy atom. The van der Waals surface area contributed by atoms with E-state index in [1.54, 1.807) is 14.2 Å². The van der Waals surface area contributed by atoms with Crippen molar-refractivity contribution in [1.29, 1.82) is 0 Å². The van der Waals surface area contributed by atoms with Crippen LogP contribution in [0.25, 0.3) is 0 Å². The normalized spacial score (nSPS) is 9.75. The number of ether oxygens (including phenoxy) is 2. The average Bonchev–Trinajstić information content (AvgIpc) is 1.81. The molecule has 0 aliphatic rings. The number of hydrogen-bond donors (Lipinski definition) is 0. The van der Waals surface area contributed by atoms with Gasteiger partial charge in [-0.3, -0.25) is 0 Å². The topological polar surface area (TPSA) is 18.5 Å². The van der Waals surface area contributed by atoms with Crippen molar-refractivity contribution in [2.24, 2.45) is 0 Å². The van der Waals surface area contributed by atoms with Gasteiger partial charge in [0.05, 0.1) is 0 Å². The zero-order valence-electron chi connectivity index (χ0n) is 5.05. The second-order valence-electron chi connectivity index (χ2n) is 1.05. The molecule has 0 radical (unpaired) electrons. The van der Waals surface area contributed by atoms with Gasteiger partial charge in [0.1, 0.15) is 0 Å². The molecule has 0 atom stereocenters. The molecule has 0 heterocycles. The van der Waals surface area contributed by atoms with Crippen LogP contribution in [0.1, 0.15) is 0 Å². The summed E-state index contributed by atoms with van der Waals surface area (Å²) in [5, 5.41) is 0. The number of methoxy groups -OCH3 is 2. The van der Waals surface area contributed by atoms with Gasteiger partial charge in [-0.25, -0.2) is 0 Å². The molecule has 0 saturated carbocycles. The van der Waals surface area contributed by atoms with E-state index in [2.05, 4.69) is 0 Å². The summed E-state index contributed by atoms with van der Waals surface area (Å²) >= 11 is 1.38. The van der Waals surface area contributed by atoms with E-state index in [4.69, 9.17) is 9.47 Å². The van der Waals surface area contributed by atoms with Crippen LogP contribution in [-0.4, -0.2) is 51.5 Å². The summed E-state index contributed by atoms with van der Waals surface area (Å²) in [5.41, 5.74) is 1.88. The molecule has 0 N–H and O–H groups in total. The van der Waals surface area contributed by atoms with Crippen molar-refractivity contribution in [2.45, 2.75) is 0 Å². The number of hydrogen-bond acceptors (Lipinski definition) is 2. The summed E-state index contributed by atoms with van der Waals surface area (Å²) in [6, 6.07) is 0. The maximum atomic E-state index is 4.88. The minimum atomic E-state index is 0.692. The van der Waals surface area contributed by atoms with Crippen LogP contribution in [0.2, 0.25) is 0 Å². The molecule has 0 amide bonds. The van der Waals surface area contributed by atoms with Gasteiger partial charge in [0.2, 0.25) is 0 Å².